The van der Waals surface area contributed by atoms with E-state index in [4.69, 9.17) is 9.47 Å². The van der Waals surface area contributed by atoms with E-state index >= 15 is 0 Å². The Morgan fingerprint density at radius 2 is 1.84 bits per heavy atom. The molecule has 6 nitrogen and oxygen atoms in total. The molecule has 1 aliphatic rings. The molecule has 0 aliphatic carbocycles. The first-order valence-electron chi connectivity index (χ1n) is 10.6. The van der Waals surface area contributed by atoms with Gasteiger partial charge in [0.2, 0.25) is 5.91 Å². The summed E-state index contributed by atoms with van der Waals surface area (Å²) in [5.41, 5.74) is 3.08. The lowest BCUT2D eigenvalue weighted by molar-refractivity contribution is -0.139. The zero-order valence-corrected chi connectivity index (χ0v) is 19.3. The number of rotatable bonds is 10. The Morgan fingerprint density at radius 1 is 1.19 bits per heavy atom. The Hall–Kier alpha value is -2.42. The first-order valence-corrected chi connectivity index (χ1v) is 11.7. The summed E-state index contributed by atoms with van der Waals surface area (Å²) in [6, 6.07) is 9.35. The number of benzene rings is 2. The van der Waals surface area contributed by atoms with Crippen molar-refractivity contribution in [3.05, 3.63) is 64.5 Å². The molecule has 1 saturated heterocycles. The maximum absolute atomic E-state index is 13.4. The molecule has 1 heterocycles. The zero-order valence-electron chi connectivity index (χ0n) is 18.5. The van der Waals surface area contributed by atoms with Gasteiger partial charge < -0.3 is 14.6 Å². The fourth-order valence-corrected chi connectivity index (χ4v) is 5.10. The monoisotopic (exact) mass is 461 g/mol. The van der Waals surface area contributed by atoms with Crippen LogP contribution in [0.3, 0.4) is 0 Å². The molecular weight excluding hydrogens is 433 g/mol. The van der Waals surface area contributed by atoms with Crippen molar-refractivity contribution in [1.29, 1.82) is 0 Å². The first kappa shape index (κ1) is 24.2. The summed E-state index contributed by atoms with van der Waals surface area (Å²) >= 11 is 1.47. The average Bonchev–Trinajstić information content (AvgIpc) is 3.14. The Balaban J connectivity index is 1.97. The molecule has 1 fully saturated rings. The number of nitrogens with zero attached hydrogens (tertiary/aromatic N) is 1. The summed E-state index contributed by atoms with van der Waals surface area (Å²) in [5.74, 6) is -1.12. The fraction of sp³-hybridized carbons (Fsp3) is 0.417. The number of carbonyl (C=O) groups excluding carboxylic acids is 1. The van der Waals surface area contributed by atoms with Crippen molar-refractivity contribution in [2.75, 3.05) is 23.9 Å². The molecule has 1 amide bonds. The molecule has 1 aliphatic heterocycles. The van der Waals surface area contributed by atoms with Gasteiger partial charge in [0.05, 0.1) is 11.3 Å². The summed E-state index contributed by atoms with van der Waals surface area (Å²) in [6.45, 7) is 6.59. The number of aromatic carboxylic acids is 1. The van der Waals surface area contributed by atoms with Gasteiger partial charge in [-0.2, -0.15) is 0 Å². The largest absolute Gasteiger partial charge is 0.478 e. The standard InChI is InChI=1S/C24H28FNO5S/c1-4-30-22(31-5-2)13-11-18-15(3)20(12-10-19(18)24(28)29)26-21(27)14-32-23(26)16-6-8-17(25)9-7-16/h6-10,12,22-23H,4-5,11,13-14H2,1-3H3,(H,28,29). The van der Waals surface area contributed by atoms with E-state index in [1.165, 1.54) is 23.9 Å². The summed E-state index contributed by atoms with van der Waals surface area (Å²) < 4.78 is 24.6. The van der Waals surface area contributed by atoms with Gasteiger partial charge in [0.25, 0.3) is 0 Å². The third kappa shape index (κ3) is 5.31. The van der Waals surface area contributed by atoms with E-state index in [9.17, 15) is 19.1 Å². The average molecular weight is 462 g/mol. The second-order valence-electron chi connectivity index (χ2n) is 7.40. The number of carboxylic acids is 1. The van der Waals surface area contributed by atoms with Crippen molar-refractivity contribution in [1.82, 2.24) is 0 Å². The normalized spacial score (nSPS) is 16.2. The molecule has 2 aromatic carbocycles. The van der Waals surface area contributed by atoms with Crippen molar-refractivity contribution in [2.24, 2.45) is 0 Å². The van der Waals surface area contributed by atoms with Crippen LogP contribution in [0.4, 0.5) is 10.1 Å². The van der Waals surface area contributed by atoms with Gasteiger partial charge >= 0.3 is 5.97 Å². The van der Waals surface area contributed by atoms with Crippen molar-refractivity contribution in [2.45, 2.75) is 45.3 Å². The van der Waals surface area contributed by atoms with E-state index in [1.807, 2.05) is 20.8 Å². The van der Waals surface area contributed by atoms with E-state index in [0.717, 1.165) is 11.1 Å². The maximum atomic E-state index is 13.4. The molecule has 1 atom stereocenters. The van der Waals surface area contributed by atoms with Crippen LogP contribution in [-0.4, -0.2) is 42.2 Å². The number of hydrogen-bond acceptors (Lipinski definition) is 5. The molecule has 3 rings (SSSR count). The highest BCUT2D eigenvalue weighted by Crippen LogP contribution is 2.43. The molecule has 0 radical (unpaired) electrons. The predicted octanol–water partition coefficient (Wildman–Crippen LogP) is 4.94. The Labute approximate surface area is 191 Å². The topological polar surface area (TPSA) is 76.1 Å². The number of ether oxygens (including phenoxy) is 2. The van der Waals surface area contributed by atoms with E-state index in [0.29, 0.717) is 43.1 Å². The summed E-state index contributed by atoms with van der Waals surface area (Å²) in [5, 5.41) is 9.44. The second-order valence-corrected chi connectivity index (χ2v) is 8.47. The quantitative estimate of drug-likeness (QED) is 0.505. The number of halogens is 1. The maximum Gasteiger partial charge on any atom is 0.335 e. The van der Waals surface area contributed by atoms with Crippen LogP contribution < -0.4 is 4.90 Å². The van der Waals surface area contributed by atoms with Crippen molar-refractivity contribution >= 4 is 29.3 Å². The van der Waals surface area contributed by atoms with Gasteiger partial charge in [0.1, 0.15) is 11.2 Å². The Bertz CT molecular complexity index is 960. The van der Waals surface area contributed by atoms with Gasteiger partial charge in [-0.05, 0) is 68.1 Å². The van der Waals surface area contributed by atoms with Crippen LogP contribution in [0.15, 0.2) is 36.4 Å². The Kier molecular flexibility index (Phi) is 8.28. The lowest BCUT2D eigenvalue weighted by atomic mass is 9.95. The van der Waals surface area contributed by atoms with Crippen LogP contribution in [0, 0.1) is 12.7 Å². The molecule has 0 bridgehead atoms. The van der Waals surface area contributed by atoms with Crippen LogP contribution in [0.25, 0.3) is 0 Å². The van der Waals surface area contributed by atoms with Crippen molar-refractivity contribution < 1.29 is 28.6 Å². The number of thioether (sulfide) groups is 1. The van der Waals surface area contributed by atoms with Gasteiger partial charge in [-0.15, -0.1) is 11.8 Å². The number of anilines is 1. The summed E-state index contributed by atoms with van der Waals surface area (Å²) in [4.78, 5) is 26.4. The SMILES string of the molecule is CCOC(CCc1c(C(=O)O)ccc(N2C(=O)CSC2c2ccc(F)cc2)c1C)OCC. The lowest BCUT2D eigenvalue weighted by Gasteiger charge is -2.28. The van der Waals surface area contributed by atoms with Gasteiger partial charge in [-0.3, -0.25) is 9.69 Å². The lowest BCUT2D eigenvalue weighted by Crippen LogP contribution is -2.29. The highest BCUT2D eigenvalue weighted by atomic mass is 32.2. The zero-order chi connectivity index (χ0) is 23.3. The summed E-state index contributed by atoms with van der Waals surface area (Å²) in [6.07, 6.45) is 0.504. The highest BCUT2D eigenvalue weighted by Gasteiger charge is 2.35. The van der Waals surface area contributed by atoms with Crippen LogP contribution in [-0.2, 0) is 20.7 Å². The minimum atomic E-state index is -1.02. The van der Waals surface area contributed by atoms with E-state index < -0.39 is 12.3 Å². The van der Waals surface area contributed by atoms with Crippen molar-refractivity contribution in [3.8, 4) is 0 Å². The highest BCUT2D eigenvalue weighted by molar-refractivity contribution is 8.00. The Morgan fingerprint density at radius 3 is 2.44 bits per heavy atom. The minimum absolute atomic E-state index is 0.0667. The van der Waals surface area contributed by atoms with Crippen LogP contribution in [0.5, 0.6) is 0 Å². The number of carbonyl (C=O) groups is 2. The number of hydrogen-bond donors (Lipinski definition) is 1. The molecule has 32 heavy (non-hydrogen) atoms. The smallest absolute Gasteiger partial charge is 0.335 e. The minimum Gasteiger partial charge on any atom is -0.478 e. The molecule has 0 aromatic heterocycles. The van der Waals surface area contributed by atoms with Crippen LogP contribution in [0.1, 0.15) is 52.7 Å². The predicted molar refractivity (Wildman–Crippen MR) is 123 cm³/mol. The van der Waals surface area contributed by atoms with E-state index in [2.05, 4.69) is 0 Å². The van der Waals surface area contributed by atoms with Crippen LogP contribution >= 0.6 is 11.8 Å². The number of amides is 1. The first-order chi connectivity index (χ1) is 15.4. The molecule has 2 aromatic rings. The molecule has 172 valence electrons. The second kappa shape index (κ2) is 10.9. The summed E-state index contributed by atoms with van der Waals surface area (Å²) in [7, 11) is 0. The van der Waals surface area contributed by atoms with E-state index in [-0.39, 0.29) is 22.7 Å². The van der Waals surface area contributed by atoms with Crippen LogP contribution in [0.2, 0.25) is 0 Å². The van der Waals surface area contributed by atoms with Gasteiger partial charge in [0, 0.05) is 25.3 Å². The number of carboxylic acid groups (broad SMARTS) is 1. The molecule has 0 saturated carbocycles. The molecule has 8 heteroatoms. The third-order valence-electron chi connectivity index (χ3n) is 5.42. The molecule has 1 unspecified atom stereocenters. The third-order valence-corrected chi connectivity index (χ3v) is 6.63. The fourth-order valence-electron chi connectivity index (χ4n) is 3.94. The molecule has 0 spiro atoms. The molecule has 1 N–H and O–H groups in total. The van der Waals surface area contributed by atoms with Gasteiger partial charge in [0.15, 0.2) is 6.29 Å². The van der Waals surface area contributed by atoms with E-state index in [1.54, 1.807) is 29.2 Å². The van der Waals surface area contributed by atoms with Gasteiger partial charge in [-0.1, -0.05) is 12.1 Å². The van der Waals surface area contributed by atoms with Crippen molar-refractivity contribution in [3.63, 3.8) is 0 Å². The molecular formula is C24H28FNO5S. The van der Waals surface area contributed by atoms with Gasteiger partial charge in [-0.25, -0.2) is 9.18 Å².